The molecule has 1 aliphatic heterocycles. The van der Waals surface area contributed by atoms with E-state index in [2.05, 4.69) is 23.8 Å². The van der Waals surface area contributed by atoms with E-state index >= 15 is 0 Å². The van der Waals surface area contributed by atoms with Crippen molar-refractivity contribution in [3.8, 4) is 0 Å². The van der Waals surface area contributed by atoms with Gasteiger partial charge < -0.3 is 14.9 Å². The number of pyridine rings is 1. The van der Waals surface area contributed by atoms with Crippen molar-refractivity contribution in [3.63, 3.8) is 0 Å². The number of thiophene rings is 1. The van der Waals surface area contributed by atoms with E-state index in [0.717, 1.165) is 37.6 Å². The number of fused-ring (bicyclic) bond motifs is 5. The van der Waals surface area contributed by atoms with Crippen molar-refractivity contribution in [2.24, 2.45) is 0 Å². The fraction of sp³-hybridized carbons (Fsp3) is 0.500. The highest BCUT2D eigenvalue weighted by atomic mass is 32.2. The van der Waals surface area contributed by atoms with Gasteiger partial charge in [-0.05, 0) is 26.3 Å². The van der Waals surface area contributed by atoms with Crippen LogP contribution in [0.4, 0.5) is 0 Å². The van der Waals surface area contributed by atoms with Gasteiger partial charge >= 0.3 is 0 Å². The Morgan fingerprint density at radius 2 is 2.15 bits per heavy atom. The minimum atomic E-state index is -0.759. The topological polar surface area (TPSA) is 88.4 Å². The summed E-state index contributed by atoms with van der Waals surface area (Å²) in [6.45, 7) is 6.57. The van der Waals surface area contributed by atoms with Crippen molar-refractivity contribution < 1.29 is 14.9 Å². The van der Waals surface area contributed by atoms with Crippen molar-refractivity contribution in [3.05, 3.63) is 23.1 Å². The lowest BCUT2D eigenvalue weighted by Crippen LogP contribution is -2.32. The Balaban J connectivity index is 1.90. The van der Waals surface area contributed by atoms with Gasteiger partial charge in [-0.25, -0.2) is 15.0 Å². The fourth-order valence-corrected chi connectivity index (χ4v) is 5.47. The van der Waals surface area contributed by atoms with Gasteiger partial charge in [-0.15, -0.1) is 23.1 Å². The maximum absolute atomic E-state index is 9.65. The van der Waals surface area contributed by atoms with Crippen LogP contribution in [0.2, 0.25) is 0 Å². The van der Waals surface area contributed by atoms with Gasteiger partial charge in [-0.3, -0.25) is 0 Å². The first-order chi connectivity index (χ1) is 12.4. The molecule has 6 nitrogen and oxygen atoms in total. The molecule has 4 heterocycles. The van der Waals surface area contributed by atoms with Crippen LogP contribution in [0.25, 0.3) is 20.4 Å². The second-order valence-electron chi connectivity index (χ2n) is 7.17. The van der Waals surface area contributed by atoms with Gasteiger partial charge in [0.2, 0.25) is 0 Å². The smallest absolute Gasteiger partial charge is 0.126 e. The van der Waals surface area contributed by atoms with Crippen LogP contribution in [0.1, 0.15) is 30.7 Å². The van der Waals surface area contributed by atoms with Gasteiger partial charge in [0.25, 0.3) is 0 Å². The number of hydrogen-bond donors (Lipinski definition) is 2. The number of thioether (sulfide) groups is 1. The lowest BCUT2D eigenvalue weighted by atomic mass is 9.89. The maximum Gasteiger partial charge on any atom is 0.126 e. The van der Waals surface area contributed by atoms with E-state index < -0.39 is 6.10 Å². The molecular formula is C18H21N3O3S2. The maximum atomic E-state index is 9.65. The first-order valence-electron chi connectivity index (χ1n) is 8.51. The summed E-state index contributed by atoms with van der Waals surface area (Å²) in [6.07, 6.45) is 1.63. The highest BCUT2D eigenvalue weighted by molar-refractivity contribution is 7.99. The molecule has 1 aliphatic rings. The second kappa shape index (κ2) is 6.69. The van der Waals surface area contributed by atoms with E-state index in [-0.39, 0.29) is 12.2 Å². The van der Waals surface area contributed by atoms with Gasteiger partial charge in [0.1, 0.15) is 16.2 Å². The van der Waals surface area contributed by atoms with Gasteiger partial charge in [0.05, 0.1) is 35.1 Å². The number of aliphatic hydroxyl groups is 2. The SMILES string of the molecule is Cc1nc2sc3c(SCC(O)CO)ncnc3c2c2c1COC(C)(C)C2. The van der Waals surface area contributed by atoms with Crippen molar-refractivity contribution >= 4 is 43.5 Å². The molecule has 1 unspecified atom stereocenters. The molecule has 0 fully saturated rings. The van der Waals surface area contributed by atoms with E-state index in [9.17, 15) is 5.11 Å². The number of rotatable bonds is 4. The van der Waals surface area contributed by atoms with E-state index in [1.165, 1.54) is 22.9 Å². The highest BCUT2D eigenvalue weighted by Gasteiger charge is 2.30. The molecule has 138 valence electrons. The molecule has 0 aromatic carbocycles. The summed E-state index contributed by atoms with van der Waals surface area (Å²) in [5.74, 6) is 0.391. The zero-order valence-corrected chi connectivity index (χ0v) is 16.6. The molecule has 0 spiro atoms. The van der Waals surface area contributed by atoms with Crippen LogP contribution in [0, 0.1) is 6.92 Å². The molecule has 0 aliphatic carbocycles. The lowest BCUT2D eigenvalue weighted by molar-refractivity contribution is -0.0400. The van der Waals surface area contributed by atoms with E-state index in [0.29, 0.717) is 12.4 Å². The standard InChI is InChI=1S/C18H21N3O3S2/c1-9-12-6-24-18(2,3)4-11(12)13-14-15(26-16(13)21-9)17(20-8-19-14)25-7-10(23)5-22/h8,10,22-23H,4-7H2,1-3H3. The Labute approximate surface area is 159 Å². The monoisotopic (exact) mass is 391 g/mol. The molecule has 0 bridgehead atoms. The summed E-state index contributed by atoms with van der Waals surface area (Å²) < 4.78 is 6.97. The number of ether oxygens (including phenoxy) is 1. The van der Waals surface area contributed by atoms with Gasteiger partial charge in [0.15, 0.2) is 0 Å². The zero-order chi connectivity index (χ0) is 18.5. The third kappa shape index (κ3) is 3.10. The molecule has 4 rings (SSSR count). The van der Waals surface area contributed by atoms with E-state index in [1.54, 1.807) is 17.7 Å². The largest absolute Gasteiger partial charge is 0.394 e. The van der Waals surface area contributed by atoms with Gasteiger partial charge in [-0.1, -0.05) is 0 Å². The highest BCUT2D eigenvalue weighted by Crippen LogP contribution is 2.42. The van der Waals surface area contributed by atoms with Crippen LogP contribution < -0.4 is 0 Å². The van der Waals surface area contributed by atoms with Crippen LogP contribution in [0.5, 0.6) is 0 Å². The average molecular weight is 392 g/mol. The summed E-state index contributed by atoms with van der Waals surface area (Å²) in [7, 11) is 0. The Kier molecular flexibility index (Phi) is 4.65. The van der Waals surface area contributed by atoms with E-state index in [1.807, 2.05) is 6.92 Å². The number of aliphatic hydroxyl groups excluding tert-OH is 2. The van der Waals surface area contributed by atoms with Crippen LogP contribution in [-0.2, 0) is 17.8 Å². The first-order valence-corrected chi connectivity index (χ1v) is 10.3. The molecule has 1 atom stereocenters. The summed E-state index contributed by atoms with van der Waals surface area (Å²) in [5, 5.41) is 20.6. The first kappa shape index (κ1) is 18.1. The summed E-state index contributed by atoms with van der Waals surface area (Å²) in [6, 6.07) is 0. The van der Waals surface area contributed by atoms with Gasteiger partial charge in [0, 0.05) is 28.8 Å². The minimum absolute atomic E-state index is 0.210. The minimum Gasteiger partial charge on any atom is -0.394 e. The number of aryl methyl sites for hydroxylation is 1. The molecule has 2 N–H and O–H groups in total. The van der Waals surface area contributed by atoms with Crippen molar-refractivity contribution in [1.29, 1.82) is 0 Å². The molecule has 0 saturated carbocycles. The molecule has 26 heavy (non-hydrogen) atoms. The van der Waals surface area contributed by atoms with Crippen molar-refractivity contribution in [2.75, 3.05) is 12.4 Å². The zero-order valence-electron chi connectivity index (χ0n) is 14.9. The van der Waals surface area contributed by atoms with Crippen molar-refractivity contribution in [2.45, 2.75) is 50.5 Å². The van der Waals surface area contributed by atoms with Crippen LogP contribution >= 0.6 is 23.1 Å². The molecule has 3 aromatic rings. The fourth-order valence-electron chi connectivity index (χ4n) is 3.28. The Bertz CT molecular complexity index is 987. The lowest BCUT2D eigenvalue weighted by Gasteiger charge is -2.32. The quantitative estimate of drug-likeness (QED) is 0.522. The normalized spacial score (nSPS) is 17.6. The second-order valence-corrected chi connectivity index (χ2v) is 9.17. The predicted molar refractivity (Wildman–Crippen MR) is 104 cm³/mol. The number of aromatic nitrogens is 3. The summed E-state index contributed by atoms with van der Waals surface area (Å²) in [4.78, 5) is 14.7. The molecular weight excluding hydrogens is 370 g/mol. The molecule has 3 aromatic heterocycles. The molecule has 8 heteroatoms. The van der Waals surface area contributed by atoms with Crippen LogP contribution in [0.15, 0.2) is 11.4 Å². The Morgan fingerprint density at radius 1 is 1.35 bits per heavy atom. The summed E-state index contributed by atoms with van der Waals surface area (Å²) in [5.41, 5.74) is 4.16. The number of hydrogen-bond acceptors (Lipinski definition) is 8. The third-order valence-electron chi connectivity index (χ3n) is 4.63. The van der Waals surface area contributed by atoms with Crippen LogP contribution in [0.3, 0.4) is 0 Å². The Hall–Kier alpha value is -1.32. The van der Waals surface area contributed by atoms with Crippen molar-refractivity contribution in [1.82, 2.24) is 15.0 Å². The third-order valence-corrected chi connectivity index (χ3v) is 6.97. The number of nitrogens with zero attached hydrogens (tertiary/aromatic N) is 3. The molecule has 0 amide bonds. The molecule has 0 saturated heterocycles. The van der Waals surface area contributed by atoms with Gasteiger partial charge in [-0.2, -0.15) is 0 Å². The van der Waals surface area contributed by atoms with E-state index in [4.69, 9.17) is 14.8 Å². The van der Waals surface area contributed by atoms with Crippen LogP contribution in [-0.4, -0.2) is 49.2 Å². The Morgan fingerprint density at radius 3 is 2.92 bits per heavy atom. The predicted octanol–water partition coefficient (Wildman–Crippen LogP) is 2.84. The summed E-state index contributed by atoms with van der Waals surface area (Å²) >= 11 is 3.03. The average Bonchev–Trinajstić information content (AvgIpc) is 2.97. The molecule has 0 radical (unpaired) electrons.